The summed E-state index contributed by atoms with van der Waals surface area (Å²) in [6.45, 7) is 5.37. The maximum atomic E-state index is 11.6. The van der Waals surface area contributed by atoms with Gasteiger partial charge in [0.1, 0.15) is 0 Å². The van der Waals surface area contributed by atoms with Crippen LogP contribution < -0.4 is 5.73 Å². The van der Waals surface area contributed by atoms with E-state index in [4.69, 9.17) is 11.0 Å². The molecule has 0 radical (unpaired) electrons. The minimum Gasteiger partial charge on any atom is -0.398 e. The van der Waals surface area contributed by atoms with E-state index in [0.717, 1.165) is 5.56 Å². The molecule has 1 rings (SSSR count). The molecule has 0 aromatic heterocycles. The van der Waals surface area contributed by atoms with Crippen LogP contribution in [0.3, 0.4) is 0 Å². The fourth-order valence-electron chi connectivity index (χ4n) is 1.82. The van der Waals surface area contributed by atoms with E-state index in [0.29, 0.717) is 16.8 Å². The first kappa shape index (κ1) is 13.0. The van der Waals surface area contributed by atoms with E-state index in [1.165, 1.54) is 6.92 Å². The Hall–Kier alpha value is -2.08. The minimum atomic E-state index is -0.0279. The van der Waals surface area contributed by atoms with Gasteiger partial charge in [0.25, 0.3) is 0 Å². The number of hydrogen-bond donors (Lipinski definition) is 1. The molecule has 0 aliphatic heterocycles. The Bertz CT molecular complexity index is 507. The Kier molecular flexibility index (Phi) is 4.06. The van der Waals surface area contributed by atoms with Gasteiger partial charge in [0.2, 0.25) is 0 Å². The van der Waals surface area contributed by atoms with Crippen molar-refractivity contribution in [3.63, 3.8) is 0 Å². The fourth-order valence-corrected chi connectivity index (χ4v) is 1.82. The molecule has 1 aromatic rings. The third-order valence-corrected chi connectivity index (χ3v) is 2.55. The van der Waals surface area contributed by atoms with Gasteiger partial charge >= 0.3 is 0 Å². The summed E-state index contributed by atoms with van der Waals surface area (Å²) in [5.74, 6) is 0.0399. The Morgan fingerprint density at radius 3 is 2.53 bits per heavy atom. The monoisotopic (exact) mass is 228 g/mol. The van der Waals surface area contributed by atoms with Crippen LogP contribution >= 0.6 is 0 Å². The van der Waals surface area contributed by atoms with Crippen LogP contribution in [0.15, 0.2) is 29.8 Å². The van der Waals surface area contributed by atoms with Gasteiger partial charge in [0.15, 0.2) is 5.78 Å². The van der Waals surface area contributed by atoms with Crippen LogP contribution in [0.1, 0.15) is 31.9 Å². The van der Waals surface area contributed by atoms with Crippen LogP contribution in [-0.4, -0.2) is 5.78 Å². The molecule has 0 amide bonds. The van der Waals surface area contributed by atoms with E-state index in [2.05, 4.69) is 6.07 Å². The summed E-state index contributed by atoms with van der Waals surface area (Å²) >= 11 is 0. The number of carbonyl (C=O) groups excluding carboxylic acids is 1. The second-order valence-corrected chi connectivity index (χ2v) is 4.23. The molecule has 88 valence electrons. The van der Waals surface area contributed by atoms with E-state index in [1.54, 1.807) is 18.2 Å². The standard InChI is InChI=1S/C14H16N2O/c1-9(2)13(10(3)17)14(16)12-6-4-5-11(7-12)8-15/h4-7,9H,16H2,1-3H3/b14-13-. The van der Waals surface area contributed by atoms with Gasteiger partial charge in [-0.3, -0.25) is 4.79 Å². The summed E-state index contributed by atoms with van der Waals surface area (Å²) in [4.78, 5) is 11.6. The van der Waals surface area contributed by atoms with Crippen molar-refractivity contribution in [2.45, 2.75) is 20.8 Å². The summed E-state index contributed by atoms with van der Waals surface area (Å²) in [5, 5.41) is 8.83. The van der Waals surface area contributed by atoms with Crippen molar-refractivity contribution in [1.29, 1.82) is 5.26 Å². The van der Waals surface area contributed by atoms with Crippen molar-refractivity contribution in [3.05, 3.63) is 41.0 Å². The van der Waals surface area contributed by atoms with E-state index in [1.807, 2.05) is 19.9 Å². The van der Waals surface area contributed by atoms with Gasteiger partial charge in [-0.2, -0.15) is 5.26 Å². The molecular weight excluding hydrogens is 212 g/mol. The van der Waals surface area contributed by atoms with Crippen molar-refractivity contribution in [3.8, 4) is 6.07 Å². The molecule has 0 saturated heterocycles. The van der Waals surface area contributed by atoms with E-state index >= 15 is 0 Å². The lowest BCUT2D eigenvalue weighted by Crippen LogP contribution is -2.12. The van der Waals surface area contributed by atoms with Crippen molar-refractivity contribution in [2.75, 3.05) is 0 Å². The van der Waals surface area contributed by atoms with E-state index < -0.39 is 0 Å². The van der Waals surface area contributed by atoms with Crippen LogP contribution in [0.2, 0.25) is 0 Å². The topological polar surface area (TPSA) is 66.9 Å². The molecule has 3 heteroatoms. The number of ketones is 1. The van der Waals surface area contributed by atoms with Crippen LogP contribution in [0.4, 0.5) is 0 Å². The Labute approximate surface area is 102 Å². The molecule has 1 aromatic carbocycles. The van der Waals surface area contributed by atoms with Gasteiger partial charge in [-0.25, -0.2) is 0 Å². The number of nitrogens with two attached hydrogens (primary N) is 1. The smallest absolute Gasteiger partial charge is 0.158 e. The van der Waals surface area contributed by atoms with E-state index in [9.17, 15) is 4.79 Å². The van der Waals surface area contributed by atoms with Crippen molar-refractivity contribution < 1.29 is 4.79 Å². The summed E-state index contributed by atoms with van der Waals surface area (Å²) < 4.78 is 0. The lowest BCUT2D eigenvalue weighted by atomic mass is 9.94. The minimum absolute atomic E-state index is 0.0279. The van der Waals surface area contributed by atoms with Gasteiger partial charge in [0.05, 0.1) is 11.6 Å². The number of nitrogens with zero attached hydrogens (tertiary/aromatic N) is 1. The maximum absolute atomic E-state index is 11.6. The highest BCUT2D eigenvalue weighted by atomic mass is 16.1. The normalized spacial score (nSPS) is 11.9. The molecule has 17 heavy (non-hydrogen) atoms. The molecule has 0 spiro atoms. The second kappa shape index (κ2) is 5.31. The highest BCUT2D eigenvalue weighted by molar-refractivity contribution is 6.00. The molecule has 2 N–H and O–H groups in total. The Balaban J connectivity index is 3.35. The predicted octanol–water partition coefficient (Wildman–Crippen LogP) is 2.47. The molecule has 3 nitrogen and oxygen atoms in total. The van der Waals surface area contributed by atoms with Crippen LogP contribution in [0, 0.1) is 17.2 Å². The molecule has 0 fully saturated rings. The average molecular weight is 228 g/mol. The molecule has 0 unspecified atom stereocenters. The summed E-state index contributed by atoms with van der Waals surface area (Å²) in [6.07, 6.45) is 0. The zero-order chi connectivity index (χ0) is 13.0. The Morgan fingerprint density at radius 2 is 2.06 bits per heavy atom. The van der Waals surface area contributed by atoms with Crippen molar-refractivity contribution in [1.82, 2.24) is 0 Å². The summed E-state index contributed by atoms with van der Waals surface area (Å²) in [6, 6.07) is 9.03. The van der Waals surface area contributed by atoms with Crippen LogP contribution in [0.25, 0.3) is 5.70 Å². The highest BCUT2D eigenvalue weighted by Crippen LogP contribution is 2.21. The number of nitriles is 1. The SMILES string of the molecule is CC(=O)/C(=C(\N)c1cccc(C#N)c1)C(C)C. The number of benzene rings is 1. The van der Waals surface area contributed by atoms with Crippen LogP contribution in [-0.2, 0) is 4.79 Å². The highest BCUT2D eigenvalue weighted by Gasteiger charge is 2.14. The number of allylic oxidation sites excluding steroid dienone is 1. The molecule has 0 heterocycles. The fraction of sp³-hybridized carbons (Fsp3) is 0.286. The second-order valence-electron chi connectivity index (χ2n) is 4.23. The number of rotatable bonds is 3. The molecule has 0 aliphatic carbocycles. The van der Waals surface area contributed by atoms with Gasteiger partial charge in [-0.1, -0.05) is 26.0 Å². The number of hydrogen-bond acceptors (Lipinski definition) is 3. The van der Waals surface area contributed by atoms with Crippen molar-refractivity contribution >= 4 is 11.5 Å². The van der Waals surface area contributed by atoms with Crippen LogP contribution in [0.5, 0.6) is 0 Å². The van der Waals surface area contributed by atoms with Gasteiger partial charge in [0, 0.05) is 11.3 Å². The lowest BCUT2D eigenvalue weighted by molar-refractivity contribution is -0.113. The summed E-state index contributed by atoms with van der Waals surface area (Å²) in [5.41, 5.74) is 8.35. The third kappa shape index (κ3) is 2.94. The quantitative estimate of drug-likeness (QED) is 0.808. The molecule has 0 bridgehead atoms. The molecule has 0 aliphatic rings. The zero-order valence-corrected chi connectivity index (χ0v) is 10.3. The summed E-state index contributed by atoms with van der Waals surface area (Å²) in [7, 11) is 0. The van der Waals surface area contributed by atoms with E-state index in [-0.39, 0.29) is 11.7 Å². The van der Waals surface area contributed by atoms with Crippen molar-refractivity contribution in [2.24, 2.45) is 11.7 Å². The average Bonchev–Trinajstić information content (AvgIpc) is 2.28. The number of carbonyl (C=O) groups is 1. The first-order valence-corrected chi connectivity index (χ1v) is 5.48. The first-order valence-electron chi connectivity index (χ1n) is 5.48. The van der Waals surface area contributed by atoms with Gasteiger partial charge < -0.3 is 5.73 Å². The molecule has 0 atom stereocenters. The number of Topliss-reactive ketones (excluding diaryl/α,β-unsaturated/α-hetero) is 1. The lowest BCUT2D eigenvalue weighted by Gasteiger charge is -2.13. The Morgan fingerprint density at radius 1 is 1.41 bits per heavy atom. The largest absolute Gasteiger partial charge is 0.398 e. The zero-order valence-electron chi connectivity index (χ0n) is 10.3. The molecular formula is C14H16N2O. The first-order chi connectivity index (χ1) is 7.97. The third-order valence-electron chi connectivity index (χ3n) is 2.55. The van der Waals surface area contributed by atoms with Gasteiger partial charge in [-0.05, 0) is 30.5 Å². The maximum Gasteiger partial charge on any atom is 0.158 e. The molecule has 0 saturated carbocycles. The van der Waals surface area contributed by atoms with Gasteiger partial charge in [-0.15, -0.1) is 0 Å². The predicted molar refractivity (Wildman–Crippen MR) is 67.8 cm³/mol.